The van der Waals surface area contributed by atoms with Crippen molar-refractivity contribution in [1.29, 1.82) is 0 Å². The Balaban J connectivity index is 1.56. The molecule has 0 saturated carbocycles. The molecule has 0 N–H and O–H groups in total. The lowest BCUT2D eigenvalue weighted by Crippen LogP contribution is -2.45. The van der Waals surface area contributed by atoms with E-state index in [9.17, 15) is 4.79 Å². The predicted molar refractivity (Wildman–Crippen MR) is 95.4 cm³/mol. The van der Waals surface area contributed by atoms with Crippen molar-refractivity contribution >= 4 is 23.1 Å². The molecule has 1 aliphatic heterocycles. The lowest BCUT2D eigenvalue weighted by Gasteiger charge is -2.36. The highest BCUT2D eigenvalue weighted by molar-refractivity contribution is 6.30. The molecule has 0 aromatic heterocycles. The van der Waals surface area contributed by atoms with Gasteiger partial charge in [-0.05, 0) is 48.9 Å². The highest BCUT2D eigenvalue weighted by Gasteiger charge is 2.17. The van der Waals surface area contributed by atoms with Crippen LogP contribution in [0.2, 0.25) is 5.02 Å². The van der Waals surface area contributed by atoms with Crippen molar-refractivity contribution < 1.29 is 4.79 Å². The Bertz CT molecular complexity index is 676. The van der Waals surface area contributed by atoms with Gasteiger partial charge in [0.25, 0.3) is 0 Å². The fraction of sp³-hybridized carbons (Fsp3) is 0.316. The maximum absolute atomic E-state index is 11.3. The van der Waals surface area contributed by atoms with Gasteiger partial charge < -0.3 is 4.90 Å². The summed E-state index contributed by atoms with van der Waals surface area (Å²) in [6.07, 6.45) is 0. The van der Waals surface area contributed by atoms with E-state index in [1.54, 1.807) is 6.92 Å². The SMILES string of the molecule is CC(=O)c1ccc(N2CCN(Cc3cccc(Cl)c3)CC2)cc1. The molecule has 0 atom stereocenters. The minimum atomic E-state index is 0.114. The zero-order valence-electron chi connectivity index (χ0n) is 13.3. The Morgan fingerprint density at radius 1 is 1.04 bits per heavy atom. The Labute approximate surface area is 142 Å². The van der Waals surface area contributed by atoms with Gasteiger partial charge in [-0.3, -0.25) is 9.69 Å². The predicted octanol–water partition coefficient (Wildman–Crippen LogP) is 3.86. The zero-order valence-corrected chi connectivity index (χ0v) is 14.1. The first-order chi connectivity index (χ1) is 11.1. The van der Waals surface area contributed by atoms with E-state index in [-0.39, 0.29) is 5.78 Å². The van der Waals surface area contributed by atoms with Crippen molar-refractivity contribution in [1.82, 2.24) is 4.90 Å². The molecular weight excluding hydrogens is 308 g/mol. The van der Waals surface area contributed by atoms with Crippen LogP contribution in [0, 0.1) is 0 Å². The number of benzene rings is 2. The molecule has 1 fully saturated rings. The summed E-state index contributed by atoms with van der Waals surface area (Å²) in [5, 5.41) is 0.798. The molecule has 0 spiro atoms. The molecule has 2 aromatic carbocycles. The molecule has 120 valence electrons. The smallest absolute Gasteiger partial charge is 0.159 e. The van der Waals surface area contributed by atoms with Crippen LogP contribution in [0.25, 0.3) is 0 Å². The van der Waals surface area contributed by atoms with E-state index in [4.69, 9.17) is 11.6 Å². The first-order valence-electron chi connectivity index (χ1n) is 7.94. The first-order valence-corrected chi connectivity index (χ1v) is 8.32. The molecule has 3 nitrogen and oxygen atoms in total. The third-order valence-corrected chi connectivity index (χ3v) is 4.54. The highest BCUT2D eigenvalue weighted by Crippen LogP contribution is 2.19. The second-order valence-electron chi connectivity index (χ2n) is 6.00. The van der Waals surface area contributed by atoms with Crippen LogP contribution in [-0.2, 0) is 6.54 Å². The second kappa shape index (κ2) is 7.16. The molecule has 2 aromatic rings. The van der Waals surface area contributed by atoms with Crippen LogP contribution in [0.5, 0.6) is 0 Å². The first kappa shape index (κ1) is 16.0. The van der Waals surface area contributed by atoms with Crippen LogP contribution >= 0.6 is 11.6 Å². The van der Waals surface area contributed by atoms with Gasteiger partial charge in [0.15, 0.2) is 5.78 Å². The number of anilines is 1. The minimum Gasteiger partial charge on any atom is -0.369 e. The molecule has 1 saturated heterocycles. The van der Waals surface area contributed by atoms with Gasteiger partial charge in [0.05, 0.1) is 0 Å². The standard InChI is InChI=1S/C19H21ClN2O/c1-15(23)17-5-7-19(8-6-17)22-11-9-21(10-12-22)14-16-3-2-4-18(20)13-16/h2-8,13H,9-12,14H2,1H3. The number of hydrogen-bond donors (Lipinski definition) is 0. The molecule has 1 aliphatic rings. The van der Waals surface area contributed by atoms with Gasteiger partial charge in [-0.15, -0.1) is 0 Å². The number of Topliss-reactive ketones (excluding diaryl/α,β-unsaturated/α-hetero) is 1. The van der Waals surface area contributed by atoms with Crippen LogP contribution < -0.4 is 4.90 Å². The number of halogens is 1. The molecule has 4 heteroatoms. The number of ketones is 1. The summed E-state index contributed by atoms with van der Waals surface area (Å²) in [5.41, 5.74) is 3.22. The summed E-state index contributed by atoms with van der Waals surface area (Å²) in [4.78, 5) is 16.2. The normalized spacial score (nSPS) is 15.7. The summed E-state index contributed by atoms with van der Waals surface area (Å²) in [5.74, 6) is 0.114. The van der Waals surface area contributed by atoms with E-state index in [1.165, 1.54) is 11.3 Å². The number of rotatable bonds is 4. The number of piperazine rings is 1. The van der Waals surface area contributed by atoms with Crippen molar-refractivity contribution in [3.05, 3.63) is 64.7 Å². The lowest BCUT2D eigenvalue weighted by molar-refractivity contribution is 0.101. The summed E-state index contributed by atoms with van der Waals surface area (Å²) in [7, 11) is 0. The van der Waals surface area contributed by atoms with Gasteiger partial charge in [0.2, 0.25) is 0 Å². The quantitative estimate of drug-likeness (QED) is 0.796. The van der Waals surface area contributed by atoms with Gasteiger partial charge in [0, 0.05) is 49.0 Å². The van der Waals surface area contributed by atoms with Gasteiger partial charge >= 0.3 is 0 Å². The van der Waals surface area contributed by atoms with Crippen LogP contribution in [0.15, 0.2) is 48.5 Å². The van der Waals surface area contributed by atoms with Crippen molar-refractivity contribution in [3.8, 4) is 0 Å². The lowest BCUT2D eigenvalue weighted by atomic mass is 10.1. The van der Waals surface area contributed by atoms with E-state index in [1.807, 2.05) is 42.5 Å². The van der Waals surface area contributed by atoms with Gasteiger partial charge in [-0.1, -0.05) is 23.7 Å². The number of nitrogens with zero attached hydrogens (tertiary/aromatic N) is 2. The van der Waals surface area contributed by atoms with Gasteiger partial charge in [-0.2, -0.15) is 0 Å². The summed E-state index contributed by atoms with van der Waals surface area (Å²) < 4.78 is 0. The Kier molecular flexibility index (Phi) is 4.99. The number of carbonyl (C=O) groups excluding carboxylic acids is 1. The fourth-order valence-electron chi connectivity index (χ4n) is 2.96. The Morgan fingerprint density at radius 2 is 1.74 bits per heavy atom. The average Bonchev–Trinajstić information content (AvgIpc) is 2.56. The molecule has 0 bridgehead atoms. The average molecular weight is 329 g/mol. The molecule has 1 heterocycles. The maximum atomic E-state index is 11.3. The van der Waals surface area contributed by atoms with Crippen molar-refractivity contribution in [2.45, 2.75) is 13.5 Å². The van der Waals surface area contributed by atoms with Crippen molar-refractivity contribution in [2.24, 2.45) is 0 Å². The van der Waals surface area contributed by atoms with Crippen molar-refractivity contribution in [2.75, 3.05) is 31.1 Å². The largest absolute Gasteiger partial charge is 0.369 e. The fourth-order valence-corrected chi connectivity index (χ4v) is 3.18. The topological polar surface area (TPSA) is 23.6 Å². The van der Waals surface area contributed by atoms with Gasteiger partial charge in [-0.25, -0.2) is 0 Å². The van der Waals surface area contributed by atoms with Crippen LogP contribution in [-0.4, -0.2) is 36.9 Å². The number of carbonyl (C=O) groups is 1. The van der Waals surface area contributed by atoms with E-state index < -0.39 is 0 Å². The Morgan fingerprint density at radius 3 is 2.35 bits per heavy atom. The second-order valence-corrected chi connectivity index (χ2v) is 6.43. The molecule has 3 rings (SSSR count). The summed E-state index contributed by atoms with van der Waals surface area (Å²) >= 11 is 6.05. The molecule has 0 aliphatic carbocycles. The molecule has 0 radical (unpaired) electrons. The molecular formula is C19H21ClN2O. The van der Waals surface area contributed by atoms with Crippen LogP contribution in [0.1, 0.15) is 22.8 Å². The third kappa shape index (κ3) is 4.12. The monoisotopic (exact) mass is 328 g/mol. The van der Waals surface area contributed by atoms with E-state index in [0.717, 1.165) is 43.3 Å². The van der Waals surface area contributed by atoms with E-state index in [2.05, 4.69) is 15.9 Å². The number of hydrogen-bond acceptors (Lipinski definition) is 3. The Hall–Kier alpha value is -1.84. The molecule has 0 amide bonds. The molecule has 0 unspecified atom stereocenters. The van der Waals surface area contributed by atoms with Crippen molar-refractivity contribution in [3.63, 3.8) is 0 Å². The zero-order chi connectivity index (χ0) is 16.2. The van der Waals surface area contributed by atoms with Crippen LogP contribution in [0.4, 0.5) is 5.69 Å². The highest BCUT2D eigenvalue weighted by atomic mass is 35.5. The molecule has 23 heavy (non-hydrogen) atoms. The maximum Gasteiger partial charge on any atom is 0.159 e. The minimum absolute atomic E-state index is 0.114. The van der Waals surface area contributed by atoms with E-state index >= 15 is 0 Å². The summed E-state index contributed by atoms with van der Waals surface area (Å²) in [6, 6.07) is 16.0. The third-order valence-electron chi connectivity index (χ3n) is 4.31. The summed E-state index contributed by atoms with van der Waals surface area (Å²) in [6.45, 7) is 6.60. The van der Waals surface area contributed by atoms with E-state index in [0.29, 0.717) is 0 Å². The van der Waals surface area contributed by atoms with Crippen LogP contribution in [0.3, 0.4) is 0 Å². The van der Waals surface area contributed by atoms with Gasteiger partial charge in [0.1, 0.15) is 0 Å².